The molecule has 0 unspecified atom stereocenters. The van der Waals surface area contributed by atoms with Gasteiger partial charge in [0.1, 0.15) is 5.75 Å². The first-order valence-electron chi connectivity index (χ1n) is 4.63. The molecule has 1 aromatic carbocycles. The fraction of sp³-hybridized carbons (Fsp3) is 0.455. The number of phenols is 1. The van der Waals surface area contributed by atoms with Crippen LogP contribution in [0.2, 0.25) is 0 Å². The molecule has 2 N–H and O–H groups in total. The van der Waals surface area contributed by atoms with Crippen molar-refractivity contribution in [3.63, 3.8) is 0 Å². The Kier molecular flexibility index (Phi) is 3.18. The number of hydrogen-bond donors (Lipinski definition) is 2. The Hall–Kier alpha value is -1.18. The molecule has 0 fully saturated rings. The number of phenolic OH excluding ortho intramolecular Hbond substituents is 1. The molecule has 0 radical (unpaired) electrons. The first-order chi connectivity index (χ1) is 6.09. The molecule has 0 aromatic heterocycles. The van der Waals surface area contributed by atoms with Crippen molar-refractivity contribution in [1.29, 1.82) is 0 Å². The second kappa shape index (κ2) is 4.17. The molecule has 0 saturated carbocycles. The molecule has 0 spiro atoms. The fourth-order valence-electron chi connectivity index (χ4n) is 1.16. The van der Waals surface area contributed by atoms with Gasteiger partial charge in [0.2, 0.25) is 0 Å². The van der Waals surface area contributed by atoms with Crippen molar-refractivity contribution in [1.82, 2.24) is 0 Å². The molecule has 0 amide bonds. The monoisotopic (exact) mass is 179 g/mol. The maximum Gasteiger partial charge on any atom is 0.115 e. The summed E-state index contributed by atoms with van der Waals surface area (Å²) in [6.07, 6.45) is 0. The average molecular weight is 179 g/mol. The van der Waals surface area contributed by atoms with Crippen LogP contribution in [0.25, 0.3) is 0 Å². The number of anilines is 1. The Labute approximate surface area is 79.6 Å². The Morgan fingerprint density at radius 1 is 1.38 bits per heavy atom. The maximum absolute atomic E-state index is 9.19. The molecule has 0 aliphatic heterocycles. The Morgan fingerprint density at radius 2 is 2.08 bits per heavy atom. The summed E-state index contributed by atoms with van der Waals surface area (Å²) in [6.45, 7) is 7.29. The molecular formula is C11H17NO. The van der Waals surface area contributed by atoms with E-state index >= 15 is 0 Å². The van der Waals surface area contributed by atoms with Crippen LogP contribution in [-0.2, 0) is 0 Å². The van der Waals surface area contributed by atoms with Crippen LogP contribution in [0.1, 0.15) is 19.4 Å². The van der Waals surface area contributed by atoms with Gasteiger partial charge >= 0.3 is 0 Å². The molecule has 0 aliphatic rings. The summed E-state index contributed by atoms with van der Waals surface area (Å²) < 4.78 is 0. The lowest BCUT2D eigenvalue weighted by Gasteiger charge is -2.11. The topological polar surface area (TPSA) is 32.3 Å². The van der Waals surface area contributed by atoms with Crippen molar-refractivity contribution in [2.24, 2.45) is 5.92 Å². The van der Waals surface area contributed by atoms with E-state index in [1.807, 2.05) is 13.0 Å². The molecule has 13 heavy (non-hydrogen) atoms. The SMILES string of the molecule is Cc1cc(O)ccc1NCC(C)C. The average Bonchev–Trinajstić information content (AvgIpc) is 2.02. The highest BCUT2D eigenvalue weighted by Gasteiger charge is 1.99. The summed E-state index contributed by atoms with van der Waals surface area (Å²) in [5.74, 6) is 0.959. The largest absolute Gasteiger partial charge is 0.508 e. The van der Waals surface area contributed by atoms with E-state index in [9.17, 15) is 5.11 Å². The third kappa shape index (κ3) is 2.98. The van der Waals surface area contributed by atoms with E-state index in [1.54, 1.807) is 12.1 Å². The molecule has 1 rings (SSSR count). The number of aryl methyl sites for hydroxylation is 1. The van der Waals surface area contributed by atoms with Gasteiger partial charge in [0.25, 0.3) is 0 Å². The number of rotatable bonds is 3. The summed E-state index contributed by atoms with van der Waals surface area (Å²) in [6, 6.07) is 5.38. The predicted octanol–water partition coefficient (Wildman–Crippen LogP) is 2.77. The first kappa shape index (κ1) is 9.90. The summed E-state index contributed by atoms with van der Waals surface area (Å²) in [5, 5.41) is 12.5. The molecular weight excluding hydrogens is 162 g/mol. The van der Waals surface area contributed by atoms with Gasteiger partial charge in [-0.15, -0.1) is 0 Å². The van der Waals surface area contributed by atoms with Crippen LogP contribution < -0.4 is 5.32 Å². The highest BCUT2D eigenvalue weighted by atomic mass is 16.3. The summed E-state index contributed by atoms with van der Waals surface area (Å²) in [7, 11) is 0. The molecule has 1 aromatic rings. The molecule has 72 valence electrons. The molecule has 2 nitrogen and oxygen atoms in total. The molecule has 0 atom stereocenters. The van der Waals surface area contributed by atoms with Crippen molar-refractivity contribution in [3.8, 4) is 5.75 Å². The third-order valence-electron chi connectivity index (χ3n) is 1.91. The second-order valence-electron chi connectivity index (χ2n) is 3.77. The highest BCUT2D eigenvalue weighted by molar-refractivity contribution is 5.53. The van der Waals surface area contributed by atoms with Crippen LogP contribution in [0.4, 0.5) is 5.69 Å². The van der Waals surface area contributed by atoms with E-state index in [0.717, 1.165) is 17.8 Å². The standard InChI is InChI=1S/C11H17NO/c1-8(2)7-12-11-5-4-10(13)6-9(11)3/h4-6,8,12-13H,7H2,1-3H3. The number of nitrogens with one attached hydrogen (secondary N) is 1. The van der Waals surface area contributed by atoms with Gasteiger partial charge in [0.05, 0.1) is 0 Å². The zero-order valence-electron chi connectivity index (χ0n) is 8.46. The highest BCUT2D eigenvalue weighted by Crippen LogP contribution is 2.20. The van der Waals surface area contributed by atoms with E-state index in [2.05, 4.69) is 19.2 Å². The van der Waals surface area contributed by atoms with Gasteiger partial charge in [-0.3, -0.25) is 0 Å². The van der Waals surface area contributed by atoms with Gasteiger partial charge in [-0.1, -0.05) is 13.8 Å². The summed E-state index contributed by atoms with van der Waals surface area (Å²) in [4.78, 5) is 0. The van der Waals surface area contributed by atoms with Gasteiger partial charge in [-0.05, 0) is 36.6 Å². The lowest BCUT2D eigenvalue weighted by Crippen LogP contribution is -2.08. The van der Waals surface area contributed by atoms with Crippen molar-refractivity contribution < 1.29 is 5.11 Å². The van der Waals surface area contributed by atoms with E-state index < -0.39 is 0 Å². The minimum atomic E-state index is 0.326. The second-order valence-corrected chi connectivity index (χ2v) is 3.77. The fourth-order valence-corrected chi connectivity index (χ4v) is 1.16. The number of hydrogen-bond acceptors (Lipinski definition) is 2. The minimum Gasteiger partial charge on any atom is -0.508 e. The predicted molar refractivity (Wildman–Crippen MR) is 56.2 cm³/mol. The van der Waals surface area contributed by atoms with Gasteiger partial charge in [-0.2, -0.15) is 0 Å². The zero-order valence-corrected chi connectivity index (χ0v) is 8.46. The van der Waals surface area contributed by atoms with Crippen LogP contribution in [-0.4, -0.2) is 11.7 Å². The van der Waals surface area contributed by atoms with E-state index in [-0.39, 0.29) is 0 Å². The van der Waals surface area contributed by atoms with Crippen LogP contribution in [0.3, 0.4) is 0 Å². The zero-order chi connectivity index (χ0) is 9.84. The molecule has 0 saturated heterocycles. The van der Waals surface area contributed by atoms with Gasteiger partial charge in [0.15, 0.2) is 0 Å². The van der Waals surface area contributed by atoms with Gasteiger partial charge in [0, 0.05) is 12.2 Å². The van der Waals surface area contributed by atoms with Gasteiger partial charge < -0.3 is 10.4 Å². The summed E-state index contributed by atoms with van der Waals surface area (Å²) in [5.41, 5.74) is 2.19. The van der Waals surface area contributed by atoms with Crippen molar-refractivity contribution in [3.05, 3.63) is 23.8 Å². The summed E-state index contributed by atoms with van der Waals surface area (Å²) >= 11 is 0. The number of aromatic hydroxyl groups is 1. The van der Waals surface area contributed by atoms with Crippen molar-refractivity contribution in [2.75, 3.05) is 11.9 Å². The molecule has 2 heteroatoms. The van der Waals surface area contributed by atoms with Crippen molar-refractivity contribution in [2.45, 2.75) is 20.8 Å². The van der Waals surface area contributed by atoms with Crippen LogP contribution >= 0.6 is 0 Å². The Morgan fingerprint density at radius 3 is 2.62 bits per heavy atom. The lowest BCUT2D eigenvalue weighted by molar-refractivity contribution is 0.475. The maximum atomic E-state index is 9.19. The minimum absolute atomic E-state index is 0.326. The molecule has 0 heterocycles. The quantitative estimate of drug-likeness (QED) is 0.699. The normalized spacial score (nSPS) is 10.5. The smallest absolute Gasteiger partial charge is 0.115 e. The van der Waals surface area contributed by atoms with E-state index in [1.165, 1.54) is 0 Å². The Balaban J connectivity index is 2.67. The lowest BCUT2D eigenvalue weighted by atomic mass is 10.1. The first-order valence-corrected chi connectivity index (χ1v) is 4.63. The van der Waals surface area contributed by atoms with E-state index in [0.29, 0.717) is 11.7 Å². The molecule has 0 aliphatic carbocycles. The van der Waals surface area contributed by atoms with Crippen LogP contribution in [0, 0.1) is 12.8 Å². The third-order valence-corrected chi connectivity index (χ3v) is 1.91. The molecule has 0 bridgehead atoms. The van der Waals surface area contributed by atoms with Crippen LogP contribution in [0.15, 0.2) is 18.2 Å². The van der Waals surface area contributed by atoms with E-state index in [4.69, 9.17) is 0 Å². The van der Waals surface area contributed by atoms with Crippen LogP contribution in [0.5, 0.6) is 5.75 Å². The Bertz CT molecular complexity index is 281. The number of benzene rings is 1. The van der Waals surface area contributed by atoms with Gasteiger partial charge in [-0.25, -0.2) is 0 Å². The van der Waals surface area contributed by atoms with Crippen molar-refractivity contribution >= 4 is 5.69 Å².